The maximum atomic E-state index is 16.4. The number of nitrogen functional groups attached to an aromatic ring is 1. The molecule has 1 aliphatic rings. The number of ether oxygens (including phenoxy) is 3. The largest absolute Gasteiger partial charge is 0.459 e. The molecule has 4 rings (SSSR count). The maximum Gasteiger partial charge on any atom is 0.338 e. The minimum atomic E-state index is -2.30. The summed E-state index contributed by atoms with van der Waals surface area (Å²) in [5.74, 6) is -1.49. The molecule has 12 heteroatoms. The highest BCUT2D eigenvalue weighted by molar-refractivity contribution is 6.33. The van der Waals surface area contributed by atoms with E-state index >= 15 is 4.39 Å². The van der Waals surface area contributed by atoms with Gasteiger partial charge in [0.15, 0.2) is 28.3 Å². The molecule has 3 heterocycles. The van der Waals surface area contributed by atoms with Crippen molar-refractivity contribution in [3.05, 3.63) is 47.4 Å². The molecular weight excluding hydrogens is 457 g/mol. The van der Waals surface area contributed by atoms with E-state index in [2.05, 4.69) is 15.0 Å². The van der Waals surface area contributed by atoms with Crippen LogP contribution in [0, 0.1) is 0 Å². The van der Waals surface area contributed by atoms with E-state index in [1.165, 1.54) is 24.7 Å². The fourth-order valence-corrected chi connectivity index (χ4v) is 4.06. The average Bonchev–Trinajstić information content (AvgIpc) is 3.24. The van der Waals surface area contributed by atoms with Crippen LogP contribution in [0.15, 0.2) is 36.7 Å². The Bertz CT molecular complexity index is 1220. The summed E-state index contributed by atoms with van der Waals surface area (Å²) in [6, 6.07) is 8.28. The highest BCUT2D eigenvalue weighted by Crippen LogP contribution is 2.51. The Balaban J connectivity index is 1.69. The van der Waals surface area contributed by atoms with Crippen molar-refractivity contribution >= 4 is 40.7 Å². The Hall–Kier alpha value is -3.31. The lowest BCUT2D eigenvalue weighted by molar-refractivity contribution is -0.175. The molecule has 1 fully saturated rings. The third-order valence-corrected chi connectivity index (χ3v) is 5.99. The minimum absolute atomic E-state index is 0.00843. The smallest absolute Gasteiger partial charge is 0.338 e. The summed E-state index contributed by atoms with van der Waals surface area (Å²) >= 11 is 6.08. The highest BCUT2D eigenvalue weighted by atomic mass is 35.5. The summed E-state index contributed by atoms with van der Waals surface area (Å²) in [6.45, 7) is 3.38. The number of imidazole rings is 1. The SMILES string of the molecule is CC(=O)O[C@]1(C)[C@@H](COC(=O)c2ccccc2)O[C@H](n2cnc3c(Cl)nc(N)nc32)[C@]1(C)F. The lowest BCUT2D eigenvalue weighted by Crippen LogP contribution is -2.55. The number of nitrogens with zero attached hydrogens (tertiary/aromatic N) is 4. The fourth-order valence-electron chi connectivity index (χ4n) is 3.84. The first-order valence-electron chi connectivity index (χ1n) is 9.96. The summed E-state index contributed by atoms with van der Waals surface area (Å²) in [7, 11) is 0. The van der Waals surface area contributed by atoms with Crippen molar-refractivity contribution < 1.29 is 28.2 Å². The van der Waals surface area contributed by atoms with Crippen LogP contribution in [0.25, 0.3) is 11.2 Å². The van der Waals surface area contributed by atoms with E-state index in [4.69, 9.17) is 31.5 Å². The van der Waals surface area contributed by atoms with Gasteiger partial charge in [-0.3, -0.25) is 9.36 Å². The third kappa shape index (κ3) is 3.87. The van der Waals surface area contributed by atoms with Crippen molar-refractivity contribution in [3.63, 3.8) is 0 Å². The van der Waals surface area contributed by atoms with Gasteiger partial charge in [0.05, 0.1) is 11.9 Å². The second kappa shape index (κ2) is 8.23. The van der Waals surface area contributed by atoms with E-state index in [0.717, 1.165) is 6.92 Å². The van der Waals surface area contributed by atoms with Crippen molar-refractivity contribution in [2.24, 2.45) is 0 Å². The number of benzene rings is 1. The van der Waals surface area contributed by atoms with Gasteiger partial charge >= 0.3 is 11.9 Å². The molecule has 4 atom stereocenters. The molecule has 0 spiro atoms. The van der Waals surface area contributed by atoms with Crippen molar-refractivity contribution in [1.82, 2.24) is 19.5 Å². The zero-order chi connectivity index (χ0) is 24.0. The Labute approximate surface area is 192 Å². The minimum Gasteiger partial charge on any atom is -0.459 e. The summed E-state index contributed by atoms with van der Waals surface area (Å²) in [5, 5.41) is -0.00843. The van der Waals surface area contributed by atoms with Crippen LogP contribution in [0.2, 0.25) is 5.15 Å². The fraction of sp³-hybridized carbons (Fsp3) is 0.381. The Morgan fingerprint density at radius 1 is 1.27 bits per heavy atom. The first-order valence-corrected chi connectivity index (χ1v) is 10.3. The molecule has 1 saturated heterocycles. The second-order valence-corrected chi connectivity index (χ2v) is 8.27. The topological polar surface area (TPSA) is 131 Å². The highest BCUT2D eigenvalue weighted by Gasteiger charge is 2.66. The van der Waals surface area contributed by atoms with Gasteiger partial charge in [-0.05, 0) is 26.0 Å². The van der Waals surface area contributed by atoms with Gasteiger partial charge in [-0.2, -0.15) is 9.97 Å². The quantitative estimate of drug-likeness (QED) is 0.435. The van der Waals surface area contributed by atoms with Gasteiger partial charge < -0.3 is 19.9 Å². The van der Waals surface area contributed by atoms with Crippen molar-refractivity contribution in [3.8, 4) is 0 Å². The molecule has 3 aromatic rings. The molecule has 174 valence electrons. The summed E-state index contributed by atoms with van der Waals surface area (Å²) in [5.41, 5.74) is 2.21. The lowest BCUT2D eigenvalue weighted by atomic mass is 9.84. The second-order valence-electron chi connectivity index (χ2n) is 7.91. The molecule has 0 unspecified atom stereocenters. The Kier molecular flexibility index (Phi) is 5.71. The predicted molar refractivity (Wildman–Crippen MR) is 115 cm³/mol. The first kappa shape index (κ1) is 22.9. The molecule has 1 aliphatic heterocycles. The van der Waals surface area contributed by atoms with Crippen LogP contribution >= 0.6 is 11.6 Å². The number of hydrogen-bond acceptors (Lipinski definition) is 9. The van der Waals surface area contributed by atoms with Gasteiger partial charge in [0.1, 0.15) is 18.2 Å². The van der Waals surface area contributed by atoms with Crippen LogP contribution in [0.5, 0.6) is 0 Å². The summed E-state index contributed by atoms with van der Waals surface area (Å²) in [4.78, 5) is 36.3. The number of aromatic nitrogens is 4. The number of carbonyl (C=O) groups excluding carboxylic acids is 2. The molecule has 0 aliphatic carbocycles. The van der Waals surface area contributed by atoms with Crippen LogP contribution in [0.4, 0.5) is 10.3 Å². The van der Waals surface area contributed by atoms with Crippen LogP contribution in [-0.2, 0) is 19.0 Å². The number of rotatable bonds is 5. The van der Waals surface area contributed by atoms with Gasteiger partial charge in [0, 0.05) is 6.92 Å². The number of fused-ring (bicyclic) bond motifs is 1. The number of alkyl halides is 1. The molecule has 33 heavy (non-hydrogen) atoms. The van der Waals surface area contributed by atoms with Crippen LogP contribution in [-0.4, -0.2) is 55.4 Å². The Morgan fingerprint density at radius 2 is 1.97 bits per heavy atom. The Morgan fingerprint density at radius 3 is 2.64 bits per heavy atom. The van der Waals surface area contributed by atoms with Crippen molar-refractivity contribution in [1.29, 1.82) is 0 Å². The first-order chi connectivity index (χ1) is 15.5. The van der Waals surface area contributed by atoms with Gasteiger partial charge in [0.25, 0.3) is 0 Å². The predicted octanol–water partition coefficient (Wildman–Crippen LogP) is 2.87. The van der Waals surface area contributed by atoms with Gasteiger partial charge in [-0.25, -0.2) is 14.2 Å². The average molecular weight is 478 g/mol. The lowest BCUT2D eigenvalue weighted by Gasteiger charge is -2.36. The van der Waals surface area contributed by atoms with Crippen molar-refractivity contribution in [2.45, 2.75) is 44.4 Å². The standard InChI is InChI=1S/C21H21ClFN5O5/c1-11(29)33-21(3)13(9-31-17(30)12-7-5-4-6-8-12)32-18(20(21,2)23)28-10-25-14-15(22)26-19(24)27-16(14)28/h4-8,10,13,18H,9H2,1-3H3,(H2,24,26,27)/t13-,18+,20+,21-/m1/s1. The zero-order valence-electron chi connectivity index (χ0n) is 18.0. The van der Waals surface area contributed by atoms with Crippen molar-refractivity contribution in [2.75, 3.05) is 12.3 Å². The molecule has 1 aromatic carbocycles. The molecule has 0 bridgehead atoms. The van der Waals surface area contributed by atoms with E-state index < -0.39 is 35.5 Å². The van der Waals surface area contributed by atoms with E-state index in [1.807, 2.05) is 0 Å². The number of hydrogen-bond donors (Lipinski definition) is 1. The number of carbonyl (C=O) groups is 2. The normalized spacial score (nSPS) is 26.9. The third-order valence-electron chi connectivity index (χ3n) is 5.72. The van der Waals surface area contributed by atoms with E-state index in [1.54, 1.807) is 30.3 Å². The molecule has 2 N–H and O–H groups in total. The number of nitrogens with two attached hydrogens (primary N) is 1. The molecule has 2 aromatic heterocycles. The van der Waals surface area contributed by atoms with Crippen LogP contribution in [0.1, 0.15) is 37.4 Å². The number of anilines is 1. The summed E-state index contributed by atoms with van der Waals surface area (Å²) in [6.07, 6.45) is -1.24. The number of esters is 2. The molecule has 0 radical (unpaired) electrons. The number of halogens is 2. The molecule has 0 amide bonds. The monoisotopic (exact) mass is 477 g/mol. The van der Waals surface area contributed by atoms with Gasteiger partial charge in [-0.1, -0.05) is 29.8 Å². The summed E-state index contributed by atoms with van der Waals surface area (Å²) < 4.78 is 34.4. The molecule has 0 saturated carbocycles. The van der Waals surface area contributed by atoms with E-state index in [-0.39, 0.29) is 28.9 Å². The molecule has 10 nitrogen and oxygen atoms in total. The molecular formula is C21H21ClFN5O5. The van der Waals surface area contributed by atoms with E-state index in [0.29, 0.717) is 5.56 Å². The van der Waals surface area contributed by atoms with E-state index in [9.17, 15) is 9.59 Å². The van der Waals surface area contributed by atoms with Gasteiger partial charge in [-0.15, -0.1) is 0 Å². The van der Waals surface area contributed by atoms with Crippen LogP contribution < -0.4 is 5.73 Å². The van der Waals surface area contributed by atoms with Crippen LogP contribution in [0.3, 0.4) is 0 Å². The zero-order valence-corrected chi connectivity index (χ0v) is 18.7. The van der Waals surface area contributed by atoms with Gasteiger partial charge in [0.2, 0.25) is 5.95 Å². The maximum absolute atomic E-state index is 16.4.